The lowest BCUT2D eigenvalue weighted by atomic mass is 9.68. The molecule has 2 unspecified atom stereocenters. The Kier molecular flexibility index (Phi) is 4.43. The first-order valence-electron chi connectivity index (χ1n) is 6.10. The standard InChI is InChI=1S/C12H19NO5/c1-8(2)6-10(7-13(16)17)12(9(3)14)4-5-18-11(12)15/h8,10H,4-7H2,1-3H3. The summed E-state index contributed by atoms with van der Waals surface area (Å²) in [5.41, 5.74) is -1.31. The molecule has 1 aliphatic rings. The third kappa shape index (κ3) is 2.68. The van der Waals surface area contributed by atoms with Crippen LogP contribution in [0.3, 0.4) is 0 Å². The number of nitrogens with zero attached hydrogens (tertiary/aromatic N) is 1. The Balaban J connectivity index is 3.08. The van der Waals surface area contributed by atoms with Crippen LogP contribution in [-0.4, -0.2) is 29.8 Å². The van der Waals surface area contributed by atoms with Crippen molar-refractivity contribution in [3.05, 3.63) is 10.1 Å². The number of rotatable bonds is 6. The number of hydrogen-bond donors (Lipinski definition) is 0. The van der Waals surface area contributed by atoms with E-state index in [0.29, 0.717) is 6.42 Å². The predicted octanol–water partition coefficient (Wildman–Crippen LogP) is 1.45. The van der Waals surface area contributed by atoms with Gasteiger partial charge in [0.05, 0.1) is 6.61 Å². The lowest BCUT2D eigenvalue weighted by Gasteiger charge is -2.30. The topological polar surface area (TPSA) is 86.5 Å². The predicted molar refractivity (Wildman–Crippen MR) is 63.5 cm³/mol. The van der Waals surface area contributed by atoms with E-state index < -0.39 is 22.2 Å². The molecule has 0 aromatic carbocycles. The fourth-order valence-electron chi connectivity index (χ4n) is 2.69. The molecule has 0 aromatic heterocycles. The average Bonchev–Trinajstić information content (AvgIpc) is 2.58. The summed E-state index contributed by atoms with van der Waals surface area (Å²) >= 11 is 0. The molecule has 0 bridgehead atoms. The summed E-state index contributed by atoms with van der Waals surface area (Å²) < 4.78 is 4.89. The van der Waals surface area contributed by atoms with Crippen molar-refractivity contribution in [2.75, 3.05) is 13.2 Å². The zero-order valence-electron chi connectivity index (χ0n) is 11.0. The maximum absolute atomic E-state index is 11.9. The minimum atomic E-state index is -1.31. The molecule has 18 heavy (non-hydrogen) atoms. The Morgan fingerprint density at radius 2 is 2.17 bits per heavy atom. The number of Topliss-reactive ketones (excluding diaryl/α,β-unsaturated/α-hetero) is 1. The molecule has 1 fully saturated rings. The molecule has 0 N–H and O–H groups in total. The Bertz CT molecular complexity index is 365. The van der Waals surface area contributed by atoms with Gasteiger partial charge < -0.3 is 4.74 Å². The Morgan fingerprint density at radius 1 is 1.56 bits per heavy atom. The molecular formula is C12H19NO5. The third-order valence-corrected chi connectivity index (χ3v) is 3.54. The number of nitro groups is 1. The van der Waals surface area contributed by atoms with Gasteiger partial charge in [-0.25, -0.2) is 0 Å². The molecule has 0 aliphatic carbocycles. The van der Waals surface area contributed by atoms with Crippen LogP contribution in [0.2, 0.25) is 0 Å². The number of hydrogen-bond acceptors (Lipinski definition) is 5. The molecule has 0 radical (unpaired) electrons. The van der Waals surface area contributed by atoms with Crippen LogP contribution in [0.15, 0.2) is 0 Å². The van der Waals surface area contributed by atoms with Gasteiger partial charge in [-0.05, 0) is 19.3 Å². The summed E-state index contributed by atoms with van der Waals surface area (Å²) in [6, 6.07) is 0. The molecule has 0 amide bonds. The normalized spacial score (nSPS) is 25.0. The molecule has 1 saturated heterocycles. The van der Waals surface area contributed by atoms with Gasteiger partial charge in [-0.2, -0.15) is 0 Å². The molecular weight excluding hydrogens is 238 g/mol. The van der Waals surface area contributed by atoms with Gasteiger partial charge in [0.1, 0.15) is 11.2 Å². The van der Waals surface area contributed by atoms with E-state index in [-0.39, 0.29) is 31.3 Å². The molecule has 6 nitrogen and oxygen atoms in total. The maximum Gasteiger partial charge on any atom is 0.320 e. The second-order valence-corrected chi connectivity index (χ2v) is 5.26. The number of carbonyl (C=O) groups is 2. The molecule has 1 aliphatic heterocycles. The minimum Gasteiger partial charge on any atom is -0.465 e. The minimum absolute atomic E-state index is 0.171. The van der Waals surface area contributed by atoms with Crippen molar-refractivity contribution in [2.45, 2.75) is 33.6 Å². The first-order chi connectivity index (χ1) is 8.30. The zero-order valence-corrected chi connectivity index (χ0v) is 11.0. The highest BCUT2D eigenvalue weighted by atomic mass is 16.6. The van der Waals surface area contributed by atoms with E-state index in [0.717, 1.165) is 0 Å². The van der Waals surface area contributed by atoms with Crippen LogP contribution in [0, 0.1) is 27.4 Å². The molecule has 0 aromatic rings. The van der Waals surface area contributed by atoms with Crippen LogP contribution in [0.4, 0.5) is 0 Å². The van der Waals surface area contributed by atoms with Crippen LogP contribution in [0.5, 0.6) is 0 Å². The van der Waals surface area contributed by atoms with Crippen molar-refractivity contribution < 1.29 is 19.2 Å². The highest BCUT2D eigenvalue weighted by Gasteiger charge is 2.56. The molecule has 1 heterocycles. The van der Waals surface area contributed by atoms with Crippen LogP contribution < -0.4 is 0 Å². The van der Waals surface area contributed by atoms with Crippen molar-refractivity contribution in [3.63, 3.8) is 0 Å². The lowest BCUT2D eigenvalue weighted by Crippen LogP contribution is -2.45. The summed E-state index contributed by atoms with van der Waals surface area (Å²) in [5.74, 6) is -1.32. The second-order valence-electron chi connectivity index (χ2n) is 5.26. The smallest absolute Gasteiger partial charge is 0.320 e. The fourth-order valence-corrected chi connectivity index (χ4v) is 2.69. The summed E-state index contributed by atoms with van der Waals surface area (Å²) in [4.78, 5) is 34.0. The molecule has 1 rings (SSSR count). The largest absolute Gasteiger partial charge is 0.465 e. The van der Waals surface area contributed by atoms with Crippen molar-refractivity contribution in [1.82, 2.24) is 0 Å². The second kappa shape index (κ2) is 5.46. The number of esters is 1. The van der Waals surface area contributed by atoms with Gasteiger partial charge in [0.2, 0.25) is 6.54 Å². The van der Waals surface area contributed by atoms with Gasteiger partial charge in [-0.1, -0.05) is 13.8 Å². The summed E-state index contributed by atoms with van der Waals surface area (Å²) in [7, 11) is 0. The molecule has 2 atom stereocenters. The maximum atomic E-state index is 11.9. The van der Waals surface area contributed by atoms with Crippen LogP contribution in [-0.2, 0) is 14.3 Å². The van der Waals surface area contributed by atoms with E-state index in [1.807, 2.05) is 13.8 Å². The number of ketones is 1. The van der Waals surface area contributed by atoms with Crippen molar-refractivity contribution in [3.8, 4) is 0 Å². The summed E-state index contributed by atoms with van der Waals surface area (Å²) in [6.07, 6.45) is 0.724. The third-order valence-electron chi connectivity index (χ3n) is 3.54. The van der Waals surface area contributed by atoms with Gasteiger partial charge in [-0.15, -0.1) is 0 Å². The van der Waals surface area contributed by atoms with Gasteiger partial charge >= 0.3 is 5.97 Å². The summed E-state index contributed by atoms with van der Waals surface area (Å²) in [5, 5.41) is 10.8. The van der Waals surface area contributed by atoms with E-state index in [9.17, 15) is 19.7 Å². The first-order valence-corrected chi connectivity index (χ1v) is 6.10. The SMILES string of the molecule is CC(=O)C1(C(CC(C)C)C[N+](=O)[O-])CCOC1=O. The first kappa shape index (κ1) is 14.6. The van der Waals surface area contributed by atoms with Crippen LogP contribution in [0.25, 0.3) is 0 Å². The number of carbonyl (C=O) groups excluding carboxylic acids is 2. The van der Waals surface area contributed by atoms with Crippen molar-refractivity contribution in [1.29, 1.82) is 0 Å². The van der Waals surface area contributed by atoms with Crippen LogP contribution in [0.1, 0.15) is 33.6 Å². The monoisotopic (exact) mass is 257 g/mol. The van der Waals surface area contributed by atoms with Gasteiger partial charge in [0.25, 0.3) is 0 Å². The Morgan fingerprint density at radius 3 is 2.50 bits per heavy atom. The highest BCUT2D eigenvalue weighted by molar-refractivity contribution is 6.04. The van der Waals surface area contributed by atoms with E-state index in [1.54, 1.807) is 0 Å². The lowest BCUT2D eigenvalue weighted by molar-refractivity contribution is -0.491. The van der Waals surface area contributed by atoms with E-state index in [4.69, 9.17) is 4.74 Å². The Labute approximate surface area is 106 Å². The fraction of sp³-hybridized carbons (Fsp3) is 0.833. The average molecular weight is 257 g/mol. The molecule has 0 spiro atoms. The number of cyclic esters (lactones) is 1. The molecule has 0 saturated carbocycles. The van der Waals surface area contributed by atoms with Gasteiger partial charge in [0.15, 0.2) is 0 Å². The van der Waals surface area contributed by atoms with Crippen molar-refractivity contribution in [2.24, 2.45) is 17.3 Å². The highest BCUT2D eigenvalue weighted by Crippen LogP contribution is 2.42. The van der Waals surface area contributed by atoms with E-state index in [1.165, 1.54) is 6.92 Å². The number of ether oxygens (including phenoxy) is 1. The van der Waals surface area contributed by atoms with E-state index in [2.05, 4.69) is 0 Å². The summed E-state index contributed by atoms with van der Waals surface area (Å²) in [6.45, 7) is 4.96. The van der Waals surface area contributed by atoms with Gasteiger partial charge in [0, 0.05) is 17.3 Å². The van der Waals surface area contributed by atoms with Gasteiger partial charge in [-0.3, -0.25) is 19.7 Å². The molecule has 6 heteroatoms. The van der Waals surface area contributed by atoms with E-state index >= 15 is 0 Å². The molecule has 102 valence electrons. The van der Waals surface area contributed by atoms with Crippen molar-refractivity contribution >= 4 is 11.8 Å². The zero-order chi connectivity index (χ0) is 13.9. The quantitative estimate of drug-likeness (QED) is 0.311. The van der Waals surface area contributed by atoms with Crippen LogP contribution >= 0.6 is 0 Å². The Hall–Kier alpha value is -1.46.